The maximum atomic E-state index is 4.82. The zero-order valence-electron chi connectivity index (χ0n) is 30.1. The van der Waals surface area contributed by atoms with Crippen LogP contribution in [0.15, 0.2) is 188 Å². The van der Waals surface area contributed by atoms with Crippen molar-refractivity contribution in [2.75, 3.05) is 4.90 Å². The van der Waals surface area contributed by atoms with Gasteiger partial charge in [0.2, 0.25) is 0 Å². The predicted molar refractivity (Wildman–Crippen MR) is 242 cm³/mol. The standard InChI is InChI=1S/C51H31N3S2/c1-3-9-37-27-47-44(25-35(37)7-1)42-22-20-40(29-49(42)55-47)54(41-21-23-43-45-26-36-8-2-4-10-38(36)28-48(45)56-50(43)30-41)39-18-16-33(17-19-39)32-12-14-34(15-13-32)46-31-53-24-6-5-11-51(53)52-46/h1-31H. The van der Waals surface area contributed by atoms with Gasteiger partial charge in [0.1, 0.15) is 5.65 Å². The average Bonchev–Trinajstić information content (AvgIpc) is 3.95. The monoisotopic (exact) mass is 749 g/mol. The molecular weight excluding hydrogens is 719 g/mol. The summed E-state index contributed by atoms with van der Waals surface area (Å²) in [7, 11) is 0. The number of hydrogen-bond donors (Lipinski definition) is 0. The van der Waals surface area contributed by atoms with Crippen molar-refractivity contribution in [1.82, 2.24) is 9.38 Å². The molecule has 0 unspecified atom stereocenters. The second-order valence-electron chi connectivity index (χ2n) is 14.5. The molecule has 8 aromatic carbocycles. The van der Waals surface area contributed by atoms with E-state index in [2.05, 4.69) is 173 Å². The highest BCUT2D eigenvalue weighted by Gasteiger charge is 2.18. The van der Waals surface area contributed by atoms with Crippen LogP contribution in [-0.4, -0.2) is 9.38 Å². The summed E-state index contributed by atoms with van der Waals surface area (Å²) >= 11 is 3.75. The van der Waals surface area contributed by atoms with Crippen molar-refractivity contribution in [3.05, 3.63) is 188 Å². The van der Waals surface area contributed by atoms with Gasteiger partial charge < -0.3 is 9.30 Å². The Morgan fingerprint density at radius 1 is 0.393 bits per heavy atom. The van der Waals surface area contributed by atoms with Crippen molar-refractivity contribution in [3.63, 3.8) is 0 Å². The van der Waals surface area contributed by atoms with Crippen LogP contribution in [0.1, 0.15) is 0 Å². The largest absolute Gasteiger partial charge is 0.310 e. The number of rotatable bonds is 5. The number of pyridine rings is 1. The Morgan fingerprint density at radius 2 is 0.857 bits per heavy atom. The molecule has 0 saturated carbocycles. The summed E-state index contributed by atoms with van der Waals surface area (Å²) in [6.07, 6.45) is 4.12. The summed E-state index contributed by atoms with van der Waals surface area (Å²) in [6, 6.07) is 64.5. The molecule has 0 spiro atoms. The minimum Gasteiger partial charge on any atom is -0.310 e. The molecule has 0 amide bonds. The molecule has 0 saturated heterocycles. The lowest BCUT2D eigenvalue weighted by molar-refractivity contribution is 1.19. The molecule has 0 aliphatic carbocycles. The van der Waals surface area contributed by atoms with Crippen molar-refractivity contribution in [2.45, 2.75) is 0 Å². The van der Waals surface area contributed by atoms with Gasteiger partial charge in [-0.25, -0.2) is 4.98 Å². The number of nitrogens with zero attached hydrogens (tertiary/aromatic N) is 3. The topological polar surface area (TPSA) is 20.5 Å². The molecule has 262 valence electrons. The lowest BCUT2D eigenvalue weighted by Gasteiger charge is -2.26. The van der Waals surface area contributed by atoms with Crippen molar-refractivity contribution in [2.24, 2.45) is 0 Å². The van der Waals surface area contributed by atoms with Crippen LogP contribution in [-0.2, 0) is 0 Å². The zero-order chi connectivity index (χ0) is 36.7. The van der Waals surface area contributed by atoms with E-state index >= 15 is 0 Å². The molecule has 3 nitrogen and oxygen atoms in total. The van der Waals surface area contributed by atoms with Crippen molar-refractivity contribution in [1.29, 1.82) is 0 Å². The molecule has 0 bridgehead atoms. The fraction of sp³-hybridized carbons (Fsp3) is 0. The second-order valence-corrected chi connectivity index (χ2v) is 16.7. The molecule has 12 rings (SSSR count). The van der Waals surface area contributed by atoms with E-state index in [0.717, 1.165) is 34.0 Å². The number of fused-ring (bicyclic) bond motifs is 9. The number of benzene rings is 8. The van der Waals surface area contributed by atoms with Crippen molar-refractivity contribution < 1.29 is 0 Å². The number of thiophene rings is 2. The number of aromatic nitrogens is 2. The molecule has 0 fully saturated rings. The Kier molecular flexibility index (Phi) is 6.97. The Balaban J connectivity index is 0.964. The average molecular weight is 750 g/mol. The molecule has 0 aliphatic heterocycles. The van der Waals surface area contributed by atoms with Gasteiger partial charge in [0.15, 0.2) is 0 Å². The van der Waals surface area contributed by atoms with Gasteiger partial charge in [0.05, 0.1) is 5.69 Å². The highest BCUT2D eigenvalue weighted by Crippen LogP contribution is 2.44. The van der Waals surface area contributed by atoms with Gasteiger partial charge in [0, 0.05) is 75.4 Å². The number of hydrogen-bond acceptors (Lipinski definition) is 4. The molecule has 5 heteroatoms. The minimum atomic E-state index is 0.951. The third-order valence-corrected chi connectivity index (χ3v) is 13.4. The van der Waals surface area contributed by atoms with Gasteiger partial charge in [-0.2, -0.15) is 0 Å². The van der Waals surface area contributed by atoms with Crippen LogP contribution in [0, 0.1) is 0 Å². The summed E-state index contributed by atoms with van der Waals surface area (Å²) in [5.74, 6) is 0. The minimum absolute atomic E-state index is 0.951. The van der Waals surface area contributed by atoms with Crippen LogP contribution in [0.25, 0.3) is 89.9 Å². The van der Waals surface area contributed by atoms with Gasteiger partial charge in [0.25, 0.3) is 0 Å². The molecule has 4 heterocycles. The lowest BCUT2D eigenvalue weighted by atomic mass is 10.0. The van der Waals surface area contributed by atoms with E-state index in [1.54, 1.807) is 0 Å². The van der Waals surface area contributed by atoms with Crippen molar-refractivity contribution >= 4 is 107 Å². The fourth-order valence-corrected chi connectivity index (χ4v) is 10.7. The van der Waals surface area contributed by atoms with Crippen molar-refractivity contribution in [3.8, 4) is 22.4 Å². The number of imidazole rings is 1. The van der Waals surface area contributed by atoms with Gasteiger partial charge >= 0.3 is 0 Å². The fourth-order valence-electron chi connectivity index (χ4n) is 8.34. The van der Waals surface area contributed by atoms with Crippen LogP contribution in [0.5, 0.6) is 0 Å². The highest BCUT2D eigenvalue weighted by molar-refractivity contribution is 7.26. The summed E-state index contributed by atoms with van der Waals surface area (Å²) < 4.78 is 7.27. The van der Waals surface area contributed by atoms with Crippen LogP contribution < -0.4 is 4.90 Å². The lowest BCUT2D eigenvalue weighted by Crippen LogP contribution is -2.09. The van der Waals surface area contributed by atoms with Crippen LogP contribution in [0.4, 0.5) is 17.1 Å². The van der Waals surface area contributed by atoms with E-state index in [9.17, 15) is 0 Å². The first kappa shape index (κ1) is 31.5. The third-order valence-electron chi connectivity index (χ3n) is 11.2. The number of anilines is 3. The van der Waals surface area contributed by atoms with Gasteiger partial charge in [-0.1, -0.05) is 103 Å². The van der Waals surface area contributed by atoms with E-state index in [0.29, 0.717) is 0 Å². The summed E-state index contributed by atoms with van der Waals surface area (Å²) in [4.78, 5) is 7.23. The molecule has 4 aromatic heterocycles. The zero-order valence-corrected chi connectivity index (χ0v) is 31.7. The molecule has 12 aromatic rings. The quantitative estimate of drug-likeness (QED) is 0.175. The van der Waals surface area contributed by atoms with Crippen LogP contribution in [0.2, 0.25) is 0 Å². The predicted octanol–water partition coefficient (Wildman–Crippen LogP) is 15.2. The third kappa shape index (κ3) is 5.13. The van der Waals surface area contributed by atoms with E-state index in [1.165, 1.54) is 73.0 Å². The smallest absolute Gasteiger partial charge is 0.137 e. The SMILES string of the molecule is c1ccc2cc3c(cc2c1)sc1cc(N(c2ccc(-c4ccc(-c5cn6ccccc6n5)cc4)cc2)c2ccc4c(c2)sc2cc5ccccc5cc24)ccc13. The van der Waals surface area contributed by atoms with Gasteiger partial charge in [-0.15, -0.1) is 22.7 Å². The van der Waals surface area contributed by atoms with E-state index in [-0.39, 0.29) is 0 Å². The van der Waals surface area contributed by atoms with E-state index in [1.807, 2.05) is 47.1 Å². The maximum absolute atomic E-state index is 4.82. The van der Waals surface area contributed by atoms with Gasteiger partial charge in [-0.05, 0) is 105 Å². The molecular formula is C51H31N3S2. The Morgan fingerprint density at radius 3 is 1.41 bits per heavy atom. The Labute approximate surface area is 330 Å². The van der Waals surface area contributed by atoms with Gasteiger partial charge in [-0.3, -0.25) is 0 Å². The molecule has 0 atom stereocenters. The molecule has 0 radical (unpaired) electrons. The van der Waals surface area contributed by atoms with E-state index < -0.39 is 0 Å². The molecule has 0 aliphatic rings. The molecule has 56 heavy (non-hydrogen) atoms. The highest BCUT2D eigenvalue weighted by atomic mass is 32.1. The first-order chi connectivity index (χ1) is 27.7. The van der Waals surface area contributed by atoms with Crippen LogP contribution in [0.3, 0.4) is 0 Å². The first-order valence-electron chi connectivity index (χ1n) is 18.8. The van der Waals surface area contributed by atoms with E-state index in [4.69, 9.17) is 4.98 Å². The normalized spacial score (nSPS) is 11.9. The summed E-state index contributed by atoms with van der Waals surface area (Å²) in [6.45, 7) is 0. The first-order valence-corrected chi connectivity index (χ1v) is 20.5. The summed E-state index contributed by atoms with van der Waals surface area (Å²) in [5.41, 5.74) is 8.78. The Bertz CT molecular complexity index is 3290. The second kappa shape index (κ2) is 12.4. The summed E-state index contributed by atoms with van der Waals surface area (Å²) in [5, 5.41) is 10.4. The molecule has 0 N–H and O–H groups in total. The van der Waals surface area contributed by atoms with Crippen LogP contribution >= 0.6 is 22.7 Å². The Hall–Kier alpha value is -6.79. The maximum Gasteiger partial charge on any atom is 0.137 e.